The molecular formula is C14H22N2O4S. The summed E-state index contributed by atoms with van der Waals surface area (Å²) in [6.45, 7) is -0.00205. The van der Waals surface area contributed by atoms with Gasteiger partial charge in [-0.15, -0.1) is 0 Å². The highest BCUT2D eigenvalue weighted by Crippen LogP contribution is 2.27. The third kappa shape index (κ3) is 3.66. The van der Waals surface area contributed by atoms with Crippen LogP contribution in [0.2, 0.25) is 0 Å². The van der Waals surface area contributed by atoms with Gasteiger partial charge in [0, 0.05) is 12.6 Å². The van der Waals surface area contributed by atoms with Gasteiger partial charge in [0.15, 0.2) is 0 Å². The average molecular weight is 314 g/mol. The molecule has 0 radical (unpaired) electrons. The van der Waals surface area contributed by atoms with Gasteiger partial charge >= 0.3 is 0 Å². The van der Waals surface area contributed by atoms with E-state index in [-0.39, 0.29) is 29.1 Å². The van der Waals surface area contributed by atoms with Gasteiger partial charge in [-0.25, -0.2) is 13.1 Å². The number of methoxy groups -OCH3 is 1. The number of hydrogen-bond donors (Lipinski definition) is 3. The Morgan fingerprint density at radius 2 is 2.10 bits per heavy atom. The number of sulfonamides is 1. The maximum absolute atomic E-state index is 12.4. The standard InChI is InChI=1S/C14H22N2O4S/c1-20-14-7-6-11(8-12(14)15)21(18,19)16-13-5-3-2-4-10(13)9-17/h6-8,10,13,16-17H,2-5,9,15H2,1H3. The van der Waals surface area contributed by atoms with Crippen LogP contribution >= 0.6 is 0 Å². The van der Waals surface area contributed by atoms with Gasteiger partial charge in [-0.3, -0.25) is 0 Å². The molecule has 0 amide bonds. The van der Waals surface area contributed by atoms with E-state index in [0.29, 0.717) is 5.75 Å². The third-order valence-corrected chi connectivity index (χ3v) is 5.45. The van der Waals surface area contributed by atoms with Crippen molar-refractivity contribution >= 4 is 15.7 Å². The van der Waals surface area contributed by atoms with Crippen molar-refractivity contribution in [1.29, 1.82) is 0 Å². The molecule has 0 saturated heterocycles. The van der Waals surface area contributed by atoms with Crippen molar-refractivity contribution in [3.8, 4) is 5.75 Å². The van der Waals surface area contributed by atoms with Gasteiger partial charge in [0.1, 0.15) is 5.75 Å². The van der Waals surface area contributed by atoms with Crippen molar-refractivity contribution in [2.45, 2.75) is 36.6 Å². The molecule has 0 aliphatic heterocycles. The second-order valence-electron chi connectivity index (χ2n) is 5.36. The normalized spacial score (nSPS) is 23.0. The number of aliphatic hydroxyl groups is 1. The fraction of sp³-hybridized carbons (Fsp3) is 0.571. The molecule has 1 aliphatic carbocycles. The molecular weight excluding hydrogens is 292 g/mol. The predicted molar refractivity (Wildman–Crippen MR) is 80.6 cm³/mol. The first-order valence-electron chi connectivity index (χ1n) is 7.04. The van der Waals surface area contributed by atoms with Crippen molar-refractivity contribution in [2.75, 3.05) is 19.5 Å². The molecule has 4 N–H and O–H groups in total. The van der Waals surface area contributed by atoms with Crippen LogP contribution in [-0.2, 0) is 10.0 Å². The third-order valence-electron chi connectivity index (χ3n) is 3.96. The Labute approximate surface area is 125 Å². The molecule has 7 heteroatoms. The molecule has 2 rings (SSSR count). The summed E-state index contributed by atoms with van der Waals surface area (Å²) in [5.74, 6) is 0.420. The van der Waals surface area contributed by atoms with Gasteiger partial charge in [-0.2, -0.15) is 0 Å². The van der Waals surface area contributed by atoms with E-state index in [1.54, 1.807) is 0 Å². The molecule has 6 nitrogen and oxygen atoms in total. The van der Waals surface area contributed by atoms with Crippen LogP contribution in [0.15, 0.2) is 23.1 Å². The minimum absolute atomic E-state index is 0.00205. The second-order valence-corrected chi connectivity index (χ2v) is 7.07. The van der Waals surface area contributed by atoms with Crippen molar-refractivity contribution < 1.29 is 18.3 Å². The van der Waals surface area contributed by atoms with Crippen molar-refractivity contribution in [2.24, 2.45) is 5.92 Å². The fourth-order valence-electron chi connectivity index (χ4n) is 2.73. The highest BCUT2D eigenvalue weighted by atomic mass is 32.2. The van der Waals surface area contributed by atoms with Crippen molar-refractivity contribution in [3.63, 3.8) is 0 Å². The van der Waals surface area contributed by atoms with E-state index < -0.39 is 10.0 Å². The summed E-state index contributed by atoms with van der Waals surface area (Å²) in [5, 5.41) is 9.37. The van der Waals surface area contributed by atoms with E-state index in [4.69, 9.17) is 10.5 Å². The van der Waals surface area contributed by atoms with Gasteiger partial charge in [-0.05, 0) is 37.0 Å². The minimum Gasteiger partial charge on any atom is -0.495 e. The molecule has 1 saturated carbocycles. The van der Waals surface area contributed by atoms with Crippen LogP contribution < -0.4 is 15.2 Å². The molecule has 0 aromatic heterocycles. The molecule has 21 heavy (non-hydrogen) atoms. The number of rotatable bonds is 5. The monoisotopic (exact) mass is 314 g/mol. The van der Waals surface area contributed by atoms with Crippen LogP contribution in [0.4, 0.5) is 5.69 Å². The molecule has 2 atom stereocenters. The van der Waals surface area contributed by atoms with E-state index in [2.05, 4.69) is 4.72 Å². The zero-order valence-corrected chi connectivity index (χ0v) is 12.9. The second kappa shape index (κ2) is 6.64. The summed E-state index contributed by atoms with van der Waals surface area (Å²) in [6, 6.07) is 4.16. The summed E-state index contributed by atoms with van der Waals surface area (Å²) >= 11 is 0. The quantitative estimate of drug-likeness (QED) is 0.707. The van der Waals surface area contributed by atoms with Gasteiger partial charge in [0.2, 0.25) is 10.0 Å². The highest BCUT2D eigenvalue weighted by molar-refractivity contribution is 7.89. The Kier molecular flexibility index (Phi) is 5.08. The van der Waals surface area contributed by atoms with E-state index in [9.17, 15) is 13.5 Å². The lowest BCUT2D eigenvalue weighted by molar-refractivity contribution is 0.164. The summed E-state index contributed by atoms with van der Waals surface area (Å²) in [4.78, 5) is 0.114. The van der Waals surface area contributed by atoms with Crippen LogP contribution in [0, 0.1) is 5.92 Å². The number of aliphatic hydroxyl groups excluding tert-OH is 1. The van der Waals surface area contributed by atoms with E-state index >= 15 is 0 Å². The number of nitrogens with two attached hydrogens (primary N) is 1. The number of benzene rings is 1. The molecule has 0 heterocycles. The van der Waals surface area contributed by atoms with Gasteiger partial charge in [-0.1, -0.05) is 12.8 Å². The molecule has 0 bridgehead atoms. The lowest BCUT2D eigenvalue weighted by Crippen LogP contribution is -2.43. The summed E-state index contributed by atoms with van der Waals surface area (Å²) in [6.07, 6.45) is 3.58. The van der Waals surface area contributed by atoms with Gasteiger partial charge in [0.25, 0.3) is 0 Å². The Hall–Kier alpha value is -1.31. The molecule has 1 aromatic carbocycles. The smallest absolute Gasteiger partial charge is 0.240 e. The first-order valence-corrected chi connectivity index (χ1v) is 8.53. The van der Waals surface area contributed by atoms with Crippen LogP contribution in [0.5, 0.6) is 5.75 Å². The predicted octanol–water partition coefficient (Wildman–Crippen LogP) is 1.11. The highest BCUT2D eigenvalue weighted by Gasteiger charge is 2.29. The molecule has 1 aliphatic rings. The Bertz CT molecular complexity index is 589. The van der Waals surface area contributed by atoms with Gasteiger partial charge < -0.3 is 15.6 Å². The minimum atomic E-state index is -3.65. The van der Waals surface area contributed by atoms with Crippen molar-refractivity contribution in [1.82, 2.24) is 4.72 Å². The molecule has 0 spiro atoms. The lowest BCUT2D eigenvalue weighted by atomic mass is 9.86. The van der Waals surface area contributed by atoms with Crippen LogP contribution in [0.1, 0.15) is 25.7 Å². The van der Waals surface area contributed by atoms with Gasteiger partial charge in [0.05, 0.1) is 17.7 Å². The van der Waals surface area contributed by atoms with Crippen molar-refractivity contribution in [3.05, 3.63) is 18.2 Å². The Morgan fingerprint density at radius 1 is 1.38 bits per heavy atom. The number of ether oxygens (including phenoxy) is 1. The molecule has 1 fully saturated rings. The van der Waals surface area contributed by atoms with Crippen LogP contribution in [0.25, 0.3) is 0 Å². The summed E-state index contributed by atoms with van der Waals surface area (Å²) < 4.78 is 32.6. The molecule has 1 aromatic rings. The SMILES string of the molecule is COc1ccc(S(=O)(=O)NC2CCCCC2CO)cc1N. The molecule has 118 valence electrons. The summed E-state index contributed by atoms with van der Waals surface area (Å²) in [5.41, 5.74) is 6.04. The van der Waals surface area contributed by atoms with E-state index in [0.717, 1.165) is 25.7 Å². The summed E-state index contributed by atoms with van der Waals surface area (Å²) in [7, 11) is -2.17. The number of anilines is 1. The maximum atomic E-state index is 12.4. The topological polar surface area (TPSA) is 102 Å². The van der Waals surface area contributed by atoms with Crippen LogP contribution in [0.3, 0.4) is 0 Å². The lowest BCUT2D eigenvalue weighted by Gasteiger charge is -2.30. The van der Waals surface area contributed by atoms with E-state index in [1.165, 1.54) is 25.3 Å². The zero-order chi connectivity index (χ0) is 15.5. The molecule has 2 unspecified atom stereocenters. The number of nitrogens with one attached hydrogen (secondary N) is 1. The number of nitrogen functional groups attached to an aromatic ring is 1. The first kappa shape index (κ1) is 16.1. The maximum Gasteiger partial charge on any atom is 0.240 e. The fourth-order valence-corrected chi connectivity index (χ4v) is 4.10. The van der Waals surface area contributed by atoms with Crippen LogP contribution in [-0.4, -0.2) is 33.3 Å². The first-order chi connectivity index (χ1) is 9.97. The average Bonchev–Trinajstić information content (AvgIpc) is 2.47. The van der Waals surface area contributed by atoms with E-state index in [1.807, 2.05) is 0 Å². The Morgan fingerprint density at radius 3 is 2.71 bits per heavy atom. The largest absolute Gasteiger partial charge is 0.495 e. The zero-order valence-electron chi connectivity index (χ0n) is 12.1. The Balaban J connectivity index is 2.19. The number of hydrogen-bond acceptors (Lipinski definition) is 5.